The van der Waals surface area contributed by atoms with Gasteiger partial charge >= 0.3 is 5.97 Å². The molecule has 0 aromatic heterocycles. The van der Waals surface area contributed by atoms with Crippen LogP contribution in [0.5, 0.6) is 0 Å². The smallest absolute Gasteiger partial charge is 0.334 e. The number of carbonyl (C=O) groups is 1. The van der Waals surface area contributed by atoms with Gasteiger partial charge < -0.3 is 9.84 Å². The number of ether oxygens (including phenoxy) is 1. The Morgan fingerprint density at radius 1 is 1.56 bits per heavy atom. The lowest BCUT2D eigenvalue weighted by Crippen LogP contribution is -2.45. The molecule has 0 spiro atoms. The predicted octanol–water partition coefficient (Wildman–Crippen LogP) is 0.844. The fourth-order valence-corrected chi connectivity index (χ4v) is 2.00. The van der Waals surface area contributed by atoms with Crippen molar-refractivity contribution in [2.45, 2.75) is 12.6 Å². The third-order valence-electron chi connectivity index (χ3n) is 2.96. The van der Waals surface area contributed by atoms with Crippen molar-refractivity contribution in [1.82, 2.24) is 4.90 Å². The number of rotatable bonds is 3. The average molecular weight is 246 g/mol. The number of aliphatic carboxylic acids is 1. The first-order valence-electron chi connectivity index (χ1n) is 5.75. The van der Waals surface area contributed by atoms with Crippen LogP contribution in [0.15, 0.2) is 24.3 Å². The molecule has 5 nitrogen and oxygen atoms in total. The van der Waals surface area contributed by atoms with Crippen molar-refractivity contribution in [3.05, 3.63) is 35.4 Å². The highest BCUT2D eigenvalue weighted by Gasteiger charge is 2.26. The van der Waals surface area contributed by atoms with Gasteiger partial charge in [-0.2, -0.15) is 5.26 Å². The minimum absolute atomic E-state index is 0.356. The van der Waals surface area contributed by atoms with E-state index in [1.54, 1.807) is 6.07 Å². The molecular weight excluding hydrogens is 232 g/mol. The van der Waals surface area contributed by atoms with Gasteiger partial charge in [0.1, 0.15) is 0 Å². The number of benzene rings is 1. The summed E-state index contributed by atoms with van der Waals surface area (Å²) in [5.74, 6) is -0.937. The van der Waals surface area contributed by atoms with Crippen LogP contribution in [0.4, 0.5) is 0 Å². The highest BCUT2D eigenvalue weighted by molar-refractivity contribution is 5.72. The average Bonchev–Trinajstić information content (AvgIpc) is 2.39. The number of nitrogens with zero attached hydrogens (tertiary/aromatic N) is 2. The number of morpholine rings is 1. The first-order valence-corrected chi connectivity index (χ1v) is 5.75. The molecule has 1 aliphatic rings. The maximum atomic E-state index is 10.9. The van der Waals surface area contributed by atoms with E-state index < -0.39 is 12.1 Å². The van der Waals surface area contributed by atoms with Crippen LogP contribution in [0.3, 0.4) is 0 Å². The van der Waals surface area contributed by atoms with Gasteiger partial charge in [-0.05, 0) is 11.6 Å². The van der Waals surface area contributed by atoms with Crippen LogP contribution in [-0.2, 0) is 16.1 Å². The van der Waals surface area contributed by atoms with Crippen molar-refractivity contribution >= 4 is 5.97 Å². The molecular formula is C13H14N2O3. The molecule has 94 valence electrons. The molecule has 1 heterocycles. The molecule has 1 aromatic carbocycles. The maximum Gasteiger partial charge on any atom is 0.334 e. The zero-order valence-corrected chi connectivity index (χ0v) is 9.87. The van der Waals surface area contributed by atoms with Gasteiger partial charge in [0.15, 0.2) is 6.10 Å². The van der Waals surface area contributed by atoms with Crippen molar-refractivity contribution in [3.63, 3.8) is 0 Å². The van der Waals surface area contributed by atoms with Crippen molar-refractivity contribution in [2.24, 2.45) is 0 Å². The molecule has 1 N–H and O–H groups in total. The summed E-state index contributed by atoms with van der Waals surface area (Å²) >= 11 is 0. The molecule has 1 fully saturated rings. The molecule has 18 heavy (non-hydrogen) atoms. The quantitative estimate of drug-likeness (QED) is 0.855. The van der Waals surface area contributed by atoms with Crippen LogP contribution in [0.25, 0.3) is 0 Å². The molecule has 2 rings (SSSR count). The molecule has 0 radical (unpaired) electrons. The van der Waals surface area contributed by atoms with E-state index >= 15 is 0 Å². The molecule has 5 heteroatoms. The Hall–Kier alpha value is -1.90. The van der Waals surface area contributed by atoms with Gasteiger partial charge in [-0.25, -0.2) is 4.79 Å². The molecule has 0 bridgehead atoms. The van der Waals surface area contributed by atoms with Gasteiger partial charge in [0, 0.05) is 19.6 Å². The van der Waals surface area contributed by atoms with Crippen molar-refractivity contribution in [3.8, 4) is 6.07 Å². The van der Waals surface area contributed by atoms with E-state index in [-0.39, 0.29) is 0 Å². The summed E-state index contributed by atoms with van der Waals surface area (Å²) in [5.41, 5.74) is 1.56. The Morgan fingerprint density at radius 3 is 3.06 bits per heavy atom. The van der Waals surface area contributed by atoms with E-state index in [0.29, 0.717) is 31.8 Å². The zero-order valence-electron chi connectivity index (χ0n) is 9.87. The van der Waals surface area contributed by atoms with Crippen LogP contribution in [-0.4, -0.2) is 41.8 Å². The number of hydrogen-bond donors (Lipinski definition) is 1. The van der Waals surface area contributed by atoms with Crippen LogP contribution in [0, 0.1) is 11.3 Å². The minimum Gasteiger partial charge on any atom is -0.479 e. The third kappa shape index (κ3) is 2.86. The first kappa shape index (κ1) is 12.6. The Kier molecular flexibility index (Phi) is 3.92. The van der Waals surface area contributed by atoms with E-state index in [2.05, 4.69) is 6.07 Å². The standard InChI is InChI=1S/C13H14N2O3/c14-7-10-3-1-2-4-11(10)8-15-5-6-18-12(9-15)13(16)17/h1-4,12H,5-6,8-9H2,(H,16,17). The van der Waals surface area contributed by atoms with Crippen LogP contribution >= 0.6 is 0 Å². The lowest BCUT2D eigenvalue weighted by Gasteiger charge is -2.30. The van der Waals surface area contributed by atoms with Gasteiger partial charge in [-0.3, -0.25) is 4.90 Å². The van der Waals surface area contributed by atoms with Gasteiger partial charge in [-0.15, -0.1) is 0 Å². The molecule has 1 unspecified atom stereocenters. The van der Waals surface area contributed by atoms with Crippen molar-refractivity contribution in [1.29, 1.82) is 5.26 Å². The van der Waals surface area contributed by atoms with Crippen LogP contribution in [0.2, 0.25) is 0 Å². The number of carboxylic acids is 1. The Bertz CT molecular complexity index is 481. The highest BCUT2D eigenvalue weighted by atomic mass is 16.5. The third-order valence-corrected chi connectivity index (χ3v) is 2.96. The summed E-state index contributed by atoms with van der Waals surface area (Å²) in [6.45, 7) is 2.03. The summed E-state index contributed by atoms with van der Waals surface area (Å²) < 4.78 is 5.16. The van der Waals surface area contributed by atoms with E-state index in [1.165, 1.54) is 0 Å². The molecule has 0 saturated carbocycles. The number of nitriles is 1. The molecule has 1 aromatic rings. The molecule has 0 aliphatic carbocycles. The molecule has 1 aliphatic heterocycles. The molecule has 1 saturated heterocycles. The van der Waals surface area contributed by atoms with E-state index in [9.17, 15) is 4.79 Å². The fraction of sp³-hybridized carbons (Fsp3) is 0.385. The summed E-state index contributed by atoms with van der Waals surface area (Å²) in [5, 5.41) is 17.9. The van der Waals surface area contributed by atoms with Crippen molar-refractivity contribution < 1.29 is 14.6 Å². The molecule has 1 atom stereocenters. The van der Waals surface area contributed by atoms with E-state index in [4.69, 9.17) is 15.1 Å². The Morgan fingerprint density at radius 2 is 2.33 bits per heavy atom. The zero-order chi connectivity index (χ0) is 13.0. The predicted molar refractivity (Wildman–Crippen MR) is 63.8 cm³/mol. The van der Waals surface area contributed by atoms with E-state index in [1.807, 2.05) is 23.1 Å². The van der Waals surface area contributed by atoms with Crippen molar-refractivity contribution in [2.75, 3.05) is 19.7 Å². The summed E-state index contributed by atoms with van der Waals surface area (Å²) in [6.07, 6.45) is -0.770. The lowest BCUT2D eigenvalue weighted by atomic mass is 10.1. The normalized spacial score (nSPS) is 20.3. The topological polar surface area (TPSA) is 73.6 Å². The monoisotopic (exact) mass is 246 g/mol. The van der Waals surface area contributed by atoms with E-state index in [0.717, 1.165) is 5.56 Å². The second-order valence-electron chi connectivity index (χ2n) is 4.20. The highest BCUT2D eigenvalue weighted by Crippen LogP contribution is 2.13. The fourth-order valence-electron chi connectivity index (χ4n) is 2.00. The second kappa shape index (κ2) is 5.63. The van der Waals surface area contributed by atoms with Gasteiger partial charge in [0.05, 0.1) is 18.2 Å². The summed E-state index contributed by atoms with van der Waals surface area (Å²) in [6, 6.07) is 9.51. The lowest BCUT2D eigenvalue weighted by molar-refractivity contribution is -0.156. The van der Waals surface area contributed by atoms with Gasteiger partial charge in [0.2, 0.25) is 0 Å². The SMILES string of the molecule is N#Cc1ccccc1CN1CCOC(C(=O)O)C1. The Labute approximate surface area is 105 Å². The summed E-state index contributed by atoms with van der Waals surface area (Å²) in [7, 11) is 0. The molecule has 0 amide bonds. The second-order valence-corrected chi connectivity index (χ2v) is 4.20. The summed E-state index contributed by atoms with van der Waals surface area (Å²) in [4.78, 5) is 12.9. The van der Waals surface area contributed by atoms with Crippen LogP contribution < -0.4 is 0 Å². The largest absolute Gasteiger partial charge is 0.479 e. The Balaban J connectivity index is 2.05. The number of carboxylic acid groups (broad SMARTS) is 1. The van der Waals surface area contributed by atoms with Crippen LogP contribution in [0.1, 0.15) is 11.1 Å². The maximum absolute atomic E-state index is 10.9. The minimum atomic E-state index is -0.937. The van der Waals surface area contributed by atoms with Gasteiger partial charge in [0.25, 0.3) is 0 Å². The first-order chi connectivity index (χ1) is 8.70. The number of hydrogen-bond acceptors (Lipinski definition) is 4. The van der Waals surface area contributed by atoms with Gasteiger partial charge in [-0.1, -0.05) is 18.2 Å².